The van der Waals surface area contributed by atoms with Gasteiger partial charge in [0.25, 0.3) is 15.9 Å². The smallest absolute Gasteiger partial charge is 0.264 e. The van der Waals surface area contributed by atoms with Crippen molar-refractivity contribution in [2.75, 3.05) is 13.1 Å². The molecule has 2 unspecified atom stereocenters. The third kappa shape index (κ3) is 5.40. The molecule has 2 aromatic carbocycles. The number of hydrogen-bond donors (Lipinski definition) is 1. The Morgan fingerprint density at radius 1 is 0.953 bits per heavy atom. The zero-order chi connectivity index (χ0) is 30.2. The predicted octanol–water partition coefficient (Wildman–Crippen LogP) is 2.98. The first-order chi connectivity index (χ1) is 20.7. The molecule has 2 amide bonds. The van der Waals surface area contributed by atoms with Gasteiger partial charge in [-0.3, -0.25) is 19.2 Å². The maximum absolute atomic E-state index is 14.2. The molecule has 224 valence electrons. The number of ketones is 2. The number of Topliss-reactive ketones (excluding diaryl/α,β-unsaturated/α-hetero) is 2. The van der Waals surface area contributed by atoms with E-state index in [2.05, 4.69) is 10.3 Å². The number of para-hydroxylation sites is 1. The highest BCUT2D eigenvalue weighted by atomic mass is 32.2. The number of amides is 2. The first kappa shape index (κ1) is 28.9. The third-order valence-electron chi connectivity index (χ3n) is 8.60. The summed E-state index contributed by atoms with van der Waals surface area (Å²) in [5.74, 6) is -0.610. The highest BCUT2D eigenvalue weighted by Crippen LogP contribution is 2.37. The van der Waals surface area contributed by atoms with Crippen LogP contribution >= 0.6 is 0 Å². The van der Waals surface area contributed by atoms with Gasteiger partial charge >= 0.3 is 0 Å². The van der Waals surface area contributed by atoms with E-state index in [1.54, 1.807) is 24.3 Å². The summed E-state index contributed by atoms with van der Waals surface area (Å²) in [6.07, 6.45) is 6.09. The minimum absolute atomic E-state index is 0.0798. The van der Waals surface area contributed by atoms with Crippen molar-refractivity contribution in [2.45, 2.75) is 62.6 Å². The second-order valence-corrected chi connectivity index (χ2v) is 13.1. The number of aliphatic imine (C=N–C) groups is 1. The first-order valence-electron chi connectivity index (χ1n) is 14.5. The van der Waals surface area contributed by atoms with Gasteiger partial charge < -0.3 is 15.0 Å². The van der Waals surface area contributed by atoms with Crippen LogP contribution in [0.1, 0.15) is 55.3 Å². The molecule has 0 radical (unpaired) electrons. The van der Waals surface area contributed by atoms with E-state index in [9.17, 15) is 27.6 Å². The van der Waals surface area contributed by atoms with E-state index in [-0.39, 0.29) is 25.3 Å². The van der Waals surface area contributed by atoms with Gasteiger partial charge in [0, 0.05) is 24.7 Å². The van der Waals surface area contributed by atoms with Gasteiger partial charge in [-0.2, -0.15) is 4.31 Å². The zero-order valence-corrected chi connectivity index (χ0v) is 24.3. The van der Waals surface area contributed by atoms with E-state index in [4.69, 9.17) is 4.74 Å². The minimum atomic E-state index is -4.32. The van der Waals surface area contributed by atoms with Crippen LogP contribution in [0.2, 0.25) is 0 Å². The molecular formula is C31H32N4O7S. The van der Waals surface area contributed by atoms with Crippen LogP contribution in [0.15, 0.2) is 71.9 Å². The number of carbonyl (C=O) groups is 4. The standard InChI is InChI=1S/C31H32N4O7S/c36-25-10-7-18-32-29(25)43(40,41)35-20-26(37)27-24(35)15-19-34(27)30(39)31(16-5-2-6-17-31)33-28(38)21-11-13-23(14-12-21)42-22-8-3-1-4-9-22/h1,3-4,7-9,11-14,18,24,27H,2,5-6,10,15-17,19-20H2,(H,33,38). The summed E-state index contributed by atoms with van der Waals surface area (Å²) in [4.78, 5) is 58.5. The largest absolute Gasteiger partial charge is 0.457 e. The van der Waals surface area contributed by atoms with E-state index in [0.29, 0.717) is 29.9 Å². The lowest BCUT2D eigenvalue weighted by atomic mass is 9.80. The SMILES string of the molecule is O=C1CC=CN=C1S(=O)(=O)N1CC(=O)C2C1CCN2C(=O)C1(NC(=O)c2ccc(Oc3ccccc3)cc2)CCCCC1. The van der Waals surface area contributed by atoms with Crippen molar-refractivity contribution >= 4 is 38.4 Å². The predicted molar refractivity (Wildman–Crippen MR) is 157 cm³/mol. The van der Waals surface area contributed by atoms with Crippen LogP contribution in [0.4, 0.5) is 0 Å². The monoisotopic (exact) mass is 604 g/mol. The maximum atomic E-state index is 14.2. The van der Waals surface area contributed by atoms with Crippen LogP contribution in [-0.2, 0) is 24.4 Å². The average molecular weight is 605 g/mol. The minimum Gasteiger partial charge on any atom is -0.457 e. The number of benzene rings is 2. The summed E-state index contributed by atoms with van der Waals surface area (Å²) in [7, 11) is -4.32. The van der Waals surface area contributed by atoms with E-state index < -0.39 is 56.7 Å². The van der Waals surface area contributed by atoms with Crippen molar-refractivity contribution in [3.05, 3.63) is 72.4 Å². The maximum Gasteiger partial charge on any atom is 0.264 e. The molecule has 6 rings (SSSR count). The molecule has 2 aromatic rings. The lowest BCUT2D eigenvalue weighted by Gasteiger charge is -2.40. The molecule has 11 nitrogen and oxygen atoms in total. The summed E-state index contributed by atoms with van der Waals surface area (Å²) in [5.41, 5.74) is -0.858. The van der Waals surface area contributed by atoms with E-state index >= 15 is 0 Å². The van der Waals surface area contributed by atoms with Gasteiger partial charge in [-0.05, 0) is 55.7 Å². The fourth-order valence-corrected chi connectivity index (χ4v) is 8.15. The number of hydrogen-bond acceptors (Lipinski definition) is 8. The number of carbonyl (C=O) groups excluding carboxylic acids is 4. The second-order valence-electron chi connectivity index (χ2n) is 11.3. The Hall–Kier alpha value is -4.16. The molecule has 0 aromatic heterocycles. The molecule has 2 saturated heterocycles. The lowest BCUT2D eigenvalue weighted by Crippen LogP contribution is -2.62. The van der Waals surface area contributed by atoms with Crippen molar-refractivity contribution in [3.8, 4) is 11.5 Å². The summed E-state index contributed by atoms with van der Waals surface area (Å²) in [6, 6.07) is 14.1. The lowest BCUT2D eigenvalue weighted by molar-refractivity contribution is -0.143. The van der Waals surface area contributed by atoms with Crippen molar-refractivity contribution in [2.24, 2.45) is 4.99 Å². The van der Waals surface area contributed by atoms with Gasteiger partial charge in [-0.1, -0.05) is 43.5 Å². The Balaban J connectivity index is 1.20. The number of ether oxygens (including phenoxy) is 1. The van der Waals surface area contributed by atoms with Crippen molar-refractivity contribution in [1.29, 1.82) is 0 Å². The Labute approximate surface area is 249 Å². The molecule has 43 heavy (non-hydrogen) atoms. The number of nitrogens with one attached hydrogen (secondary N) is 1. The molecule has 0 bridgehead atoms. The number of fused-ring (bicyclic) bond motifs is 1. The summed E-state index contributed by atoms with van der Waals surface area (Å²) >= 11 is 0. The molecule has 3 heterocycles. The van der Waals surface area contributed by atoms with Crippen LogP contribution in [0, 0.1) is 0 Å². The number of allylic oxidation sites excluding steroid dienone is 1. The second kappa shape index (κ2) is 11.5. The Bertz CT molecular complexity index is 1610. The molecule has 3 aliphatic heterocycles. The number of rotatable bonds is 6. The molecule has 2 atom stereocenters. The van der Waals surface area contributed by atoms with Gasteiger partial charge in [-0.15, -0.1) is 0 Å². The fraction of sp³-hybridized carbons (Fsp3) is 0.387. The van der Waals surface area contributed by atoms with E-state index in [1.807, 2.05) is 30.3 Å². The molecular weight excluding hydrogens is 572 g/mol. The van der Waals surface area contributed by atoms with Gasteiger partial charge in [0.15, 0.2) is 11.6 Å². The van der Waals surface area contributed by atoms with Crippen LogP contribution < -0.4 is 10.1 Å². The third-order valence-corrected chi connectivity index (χ3v) is 10.4. The van der Waals surface area contributed by atoms with E-state index in [0.717, 1.165) is 23.6 Å². The van der Waals surface area contributed by atoms with Gasteiger partial charge in [-0.25, -0.2) is 13.4 Å². The van der Waals surface area contributed by atoms with Gasteiger partial charge in [0.05, 0.1) is 12.6 Å². The molecule has 1 aliphatic carbocycles. The van der Waals surface area contributed by atoms with Crippen LogP contribution in [0.3, 0.4) is 0 Å². The van der Waals surface area contributed by atoms with Crippen molar-refractivity contribution in [3.63, 3.8) is 0 Å². The van der Waals surface area contributed by atoms with Gasteiger partial charge in [0.2, 0.25) is 11.0 Å². The Morgan fingerprint density at radius 2 is 1.65 bits per heavy atom. The van der Waals surface area contributed by atoms with Crippen molar-refractivity contribution in [1.82, 2.24) is 14.5 Å². The zero-order valence-electron chi connectivity index (χ0n) is 23.5. The van der Waals surface area contributed by atoms with Gasteiger partial charge in [0.1, 0.15) is 23.1 Å². The highest BCUT2D eigenvalue weighted by Gasteiger charge is 2.57. The summed E-state index contributed by atoms with van der Waals surface area (Å²) in [6.45, 7) is -0.274. The normalized spacial score (nSPS) is 23.5. The van der Waals surface area contributed by atoms with Crippen LogP contribution in [-0.4, -0.2) is 76.8 Å². The van der Waals surface area contributed by atoms with E-state index in [1.165, 1.54) is 17.2 Å². The average Bonchev–Trinajstić information content (AvgIpc) is 3.59. The molecule has 3 fully saturated rings. The van der Waals surface area contributed by atoms with Crippen LogP contribution in [0.25, 0.3) is 0 Å². The quantitative estimate of drug-likeness (QED) is 0.534. The number of nitrogens with zero attached hydrogens (tertiary/aromatic N) is 3. The Morgan fingerprint density at radius 3 is 2.35 bits per heavy atom. The van der Waals surface area contributed by atoms with Crippen molar-refractivity contribution < 1.29 is 32.3 Å². The summed E-state index contributed by atoms with van der Waals surface area (Å²) in [5, 5.41) is 2.42. The number of likely N-dealkylation sites (tertiary alicyclic amines) is 1. The molecule has 12 heteroatoms. The Kier molecular flexibility index (Phi) is 7.74. The summed E-state index contributed by atoms with van der Waals surface area (Å²) < 4.78 is 33.6. The fourth-order valence-electron chi connectivity index (χ4n) is 6.49. The highest BCUT2D eigenvalue weighted by molar-refractivity contribution is 8.06. The van der Waals surface area contributed by atoms with Crippen LogP contribution in [0.5, 0.6) is 11.5 Å². The topological polar surface area (TPSA) is 143 Å². The molecule has 0 spiro atoms. The first-order valence-corrected chi connectivity index (χ1v) is 15.9. The molecule has 1 N–H and O–H groups in total. The molecule has 4 aliphatic rings. The molecule has 1 saturated carbocycles. The number of sulfonamides is 1.